The van der Waals surface area contributed by atoms with E-state index in [1.54, 1.807) is 31.0 Å². The van der Waals surface area contributed by atoms with Crippen molar-refractivity contribution in [2.24, 2.45) is 7.05 Å². The first-order valence-corrected chi connectivity index (χ1v) is 6.19. The summed E-state index contributed by atoms with van der Waals surface area (Å²) in [6.45, 7) is 4.51. The molecule has 0 aliphatic carbocycles. The van der Waals surface area contributed by atoms with Crippen LogP contribution in [0.3, 0.4) is 0 Å². The Balaban J connectivity index is 2.39. The molecule has 0 bridgehead atoms. The largest absolute Gasteiger partial charge is 0.383 e. The zero-order chi connectivity index (χ0) is 13.6. The quantitative estimate of drug-likeness (QED) is 0.655. The summed E-state index contributed by atoms with van der Waals surface area (Å²) in [5.41, 5.74) is -0.435. The van der Waals surface area contributed by atoms with E-state index in [-0.39, 0.29) is 12.6 Å². The minimum atomic E-state index is -1.11. The van der Waals surface area contributed by atoms with Crippen LogP contribution in [0, 0.1) is 0 Å². The zero-order valence-corrected chi connectivity index (χ0v) is 11.2. The van der Waals surface area contributed by atoms with Crippen LogP contribution in [0.25, 0.3) is 0 Å². The van der Waals surface area contributed by atoms with Crippen molar-refractivity contribution < 1.29 is 9.90 Å². The lowest BCUT2D eigenvalue weighted by atomic mass is 10.00. The van der Waals surface area contributed by atoms with Crippen LogP contribution in [0.1, 0.15) is 32.3 Å². The van der Waals surface area contributed by atoms with Gasteiger partial charge in [0.1, 0.15) is 5.60 Å². The minimum absolute atomic E-state index is 0.149. The second kappa shape index (κ2) is 6.39. The molecular formula is C12H22N4O2. The number of carbonyl (C=O) groups is 1. The van der Waals surface area contributed by atoms with E-state index in [0.717, 1.165) is 12.8 Å². The van der Waals surface area contributed by atoms with E-state index < -0.39 is 5.60 Å². The van der Waals surface area contributed by atoms with Crippen molar-refractivity contribution in [3.8, 4) is 0 Å². The Labute approximate surface area is 107 Å². The van der Waals surface area contributed by atoms with Gasteiger partial charge in [-0.05, 0) is 13.3 Å². The third-order valence-electron chi connectivity index (χ3n) is 2.74. The average Bonchev–Trinajstić information content (AvgIpc) is 2.75. The lowest BCUT2D eigenvalue weighted by molar-refractivity contribution is 0.0593. The van der Waals surface area contributed by atoms with Crippen molar-refractivity contribution in [1.82, 2.24) is 20.4 Å². The molecule has 1 rings (SSSR count). The molecule has 0 saturated heterocycles. The first-order valence-electron chi connectivity index (χ1n) is 6.19. The SMILES string of the molecule is CCCCNC(=O)NCC(C)(O)c1cnn(C)c1. The van der Waals surface area contributed by atoms with Gasteiger partial charge < -0.3 is 15.7 Å². The number of aryl methyl sites for hydroxylation is 1. The molecule has 6 nitrogen and oxygen atoms in total. The summed E-state index contributed by atoms with van der Waals surface area (Å²) in [4.78, 5) is 11.4. The Hall–Kier alpha value is -1.56. The Kier molecular flexibility index (Phi) is 5.15. The molecule has 3 N–H and O–H groups in total. The van der Waals surface area contributed by atoms with Crippen LogP contribution in [0.4, 0.5) is 4.79 Å². The van der Waals surface area contributed by atoms with Gasteiger partial charge in [-0.15, -0.1) is 0 Å². The van der Waals surface area contributed by atoms with Crippen LogP contribution in [-0.4, -0.2) is 34.0 Å². The summed E-state index contributed by atoms with van der Waals surface area (Å²) in [5, 5.41) is 19.6. The molecule has 0 radical (unpaired) electrons. The van der Waals surface area contributed by atoms with Gasteiger partial charge in [-0.2, -0.15) is 5.10 Å². The number of amides is 2. The normalized spacial score (nSPS) is 14.0. The van der Waals surface area contributed by atoms with Gasteiger partial charge in [0.25, 0.3) is 0 Å². The van der Waals surface area contributed by atoms with Gasteiger partial charge in [0.05, 0.1) is 12.7 Å². The smallest absolute Gasteiger partial charge is 0.314 e. The van der Waals surface area contributed by atoms with Gasteiger partial charge in [0.2, 0.25) is 0 Å². The number of hydrogen-bond acceptors (Lipinski definition) is 3. The summed E-state index contributed by atoms with van der Waals surface area (Å²) < 4.78 is 1.62. The van der Waals surface area contributed by atoms with Crippen LogP contribution in [0.2, 0.25) is 0 Å². The van der Waals surface area contributed by atoms with Crippen molar-refractivity contribution >= 4 is 6.03 Å². The number of carbonyl (C=O) groups excluding carboxylic acids is 1. The van der Waals surface area contributed by atoms with Crippen LogP contribution in [0.5, 0.6) is 0 Å². The molecule has 0 aromatic carbocycles. The van der Waals surface area contributed by atoms with Crippen molar-refractivity contribution in [3.05, 3.63) is 18.0 Å². The number of nitrogens with one attached hydrogen (secondary N) is 2. The molecule has 18 heavy (non-hydrogen) atoms. The number of hydrogen-bond donors (Lipinski definition) is 3. The fourth-order valence-corrected chi connectivity index (χ4v) is 1.49. The lowest BCUT2D eigenvalue weighted by Crippen LogP contribution is -2.43. The Morgan fingerprint density at radius 3 is 2.83 bits per heavy atom. The van der Waals surface area contributed by atoms with Gasteiger partial charge in [-0.3, -0.25) is 4.68 Å². The van der Waals surface area contributed by atoms with E-state index in [4.69, 9.17) is 0 Å². The molecule has 1 heterocycles. The van der Waals surface area contributed by atoms with Crippen LogP contribution in [0.15, 0.2) is 12.4 Å². The number of urea groups is 1. The molecule has 6 heteroatoms. The fourth-order valence-electron chi connectivity index (χ4n) is 1.49. The van der Waals surface area contributed by atoms with E-state index in [0.29, 0.717) is 12.1 Å². The number of aromatic nitrogens is 2. The van der Waals surface area contributed by atoms with E-state index in [1.165, 1.54) is 0 Å². The zero-order valence-electron chi connectivity index (χ0n) is 11.2. The third-order valence-corrected chi connectivity index (χ3v) is 2.74. The predicted molar refractivity (Wildman–Crippen MR) is 69.1 cm³/mol. The number of rotatable bonds is 6. The number of unbranched alkanes of at least 4 members (excludes halogenated alkanes) is 1. The Morgan fingerprint density at radius 1 is 1.56 bits per heavy atom. The highest BCUT2D eigenvalue weighted by Crippen LogP contribution is 2.18. The highest BCUT2D eigenvalue weighted by molar-refractivity contribution is 5.73. The van der Waals surface area contributed by atoms with Crippen molar-refractivity contribution in [2.45, 2.75) is 32.3 Å². The molecule has 1 aromatic rings. The highest BCUT2D eigenvalue weighted by Gasteiger charge is 2.25. The molecule has 0 saturated carbocycles. The fraction of sp³-hybridized carbons (Fsp3) is 0.667. The molecule has 2 amide bonds. The van der Waals surface area contributed by atoms with Gasteiger partial charge in [-0.25, -0.2) is 4.79 Å². The molecule has 0 aliphatic heterocycles. The predicted octanol–water partition coefficient (Wildman–Crippen LogP) is 0.727. The average molecular weight is 254 g/mol. The topological polar surface area (TPSA) is 79.2 Å². The summed E-state index contributed by atoms with van der Waals surface area (Å²) in [6, 6.07) is -0.257. The van der Waals surface area contributed by atoms with E-state index >= 15 is 0 Å². The van der Waals surface area contributed by atoms with E-state index in [9.17, 15) is 9.90 Å². The molecule has 1 unspecified atom stereocenters. The maximum absolute atomic E-state index is 11.4. The van der Waals surface area contributed by atoms with E-state index in [2.05, 4.69) is 22.7 Å². The summed E-state index contributed by atoms with van der Waals surface area (Å²) >= 11 is 0. The summed E-state index contributed by atoms with van der Waals surface area (Å²) in [6.07, 6.45) is 5.31. The molecule has 0 aliphatic rings. The molecule has 102 valence electrons. The van der Waals surface area contributed by atoms with Gasteiger partial charge in [0, 0.05) is 25.4 Å². The molecular weight excluding hydrogens is 232 g/mol. The Bertz CT molecular complexity index is 387. The maximum Gasteiger partial charge on any atom is 0.314 e. The van der Waals surface area contributed by atoms with E-state index in [1.807, 2.05) is 0 Å². The first kappa shape index (κ1) is 14.5. The summed E-state index contributed by atoms with van der Waals surface area (Å²) in [7, 11) is 1.78. The standard InChI is InChI=1S/C12H22N4O2/c1-4-5-6-13-11(17)14-9-12(2,18)10-7-15-16(3)8-10/h7-8,18H,4-6,9H2,1-3H3,(H2,13,14,17). The molecule has 1 atom stereocenters. The molecule has 0 spiro atoms. The second-order valence-electron chi connectivity index (χ2n) is 4.64. The highest BCUT2D eigenvalue weighted by atomic mass is 16.3. The van der Waals surface area contributed by atoms with Crippen molar-refractivity contribution in [2.75, 3.05) is 13.1 Å². The monoisotopic (exact) mass is 254 g/mol. The maximum atomic E-state index is 11.4. The first-order chi connectivity index (χ1) is 8.45. The molecule has 0 fully saturated rings. The lowest BCUT2D eigenvalue weighted by Gasteiger charge is -2.22. The third kappa shape index (κ3) is 4.37. The number of aliphatic hydroxyl groups is 1. The molecule has 1 aromatic heterocycles. The van der Waals surface area contributed by atoms with Crippen LogP contribution >= 0.6 is 0 Å². The van der Waals surface area contributed by atoms with Gasteiger partial charge in [0.15, 0.2) is 0 Å². The van der Waals surface area contributed by atoms with Crippen LogP contribution < -0.4 is 10.6 Å². The van der Waals surface area contributed by atoms with Crippen molar-refractivity contribution in [1.29, 1.82) is 0 Å². The van der Waals surface area contributed by atoms with Crippen LogP contribution in [-0.2, 0) is 12.6 Å². The summed E-state index contributed by atoms with van der Waals surface area (Å²) in [5.74, 6) is 0. The minimum Gasteiger partial charge on any atom is -0.383 e. The Morgan fingerprint density at radius 2 is 2.28 bits per heavy atom. The number of nitrogens with zero attached hydrogens (tertiary/aromatic N) is 2. The van der Waals surface area contributed by atoms with Gasteiger partial charge >= 0.3 is 6.03 Å². The van der Waals surface area contributed by atoms with Gasteiger partial charge in [-0.1, -0.05) is 13.3 Å². The second-order valence-corrected chi connectivity index (χ2v) is 4.64. The van der Waals surface area contributed by atoms with Crippen molar-refractivity contribution in [3.63, 3.8) is 0 Å².